The Kier molecular flexibility index (Phi) is 5.73. The van der Waals surface area contributed by atoms with Crippen molar-refractivity contribution in [2.24, 2.45) is 5.92 Å². The molecule has 1 fully saturated rings. The second kappa shape index (κ2) is 7.67. The van der Waals surface area contributed by atoms with E-state index in [0.29, 0.717) is 5.92 Å². The third-order valence-corrected chi connectivity index (χ3v) is 5.55. The van der Waals surface area contributed by atoms with Crippen molar-refractivity contribution in [3.8, 4) is 0 Å². The average molecular weight is 416 g/mol. The molecule has 2 aromatic carbocycles. The topological polar surface area (TPSA) is 9.23 Å². The summed E-state index contributed by atoms with van der Waals surface area (Å²) >= 11 is 0. The molecule has 1 aliphatic rings. The standard InChI is InChI=1S/C22H22F6O/c1-14-11-20(12-14,17-6-4-3-5-7-17)13-29-15(2)16-8-18(21(23,24)25)10-19(9-16)22(26,27)28/h3-10,14-15H,11-13H2,1-2H3/t14?,15-,20?/m1/s1. The fourth-order valence-corrected chi connectivity index (χ4v) is 4.10. The van der Waals surface area contributed by atoms with Crippen LogP contribution in [0.4, 0.5) is 26.3 Å². The Morgan fingerprint density at radius 3 is 1.90 bits per heavy atom. The number of hydrogen-bond donors (Lipinski definition) is 0. The van der Waals surface area contributed by atoms with Gasteiger partial charge in [0.1, 0.15) is 0 Å². The fraction of sp³-hybridized carbons (Fsp3) is 0.455. The van der Waals surface area contributed by atoms with Crippen LogP contribution in [0.1, 0.15) is 55.0 Å². The number of alkyl halides is 6. The van der Waals surface area contributed by atoms with Crippen LogP contribution >= 0.6 is 0 Å². The monoisotopic (exact) mass is 416 g/mol. The highest BCUT2D eigenvalue weighted by atomic mass is 19.4. The zero-order valence-electron chi connectivity index (χ0n) is 16.1. The molecule has 0 radical (unpaired) electrons. The molecule has 0 N–H and O–H groups in total. The Labute approximate surface area is 165 Å². The quantitative estimate of drug-likeness (QED) is 0.470. The summed E-state index contributed by atoms with van der Waals surface area (Å²) in [4.78, 5) is 0. The molecule has 0 saturated heterocycles. The van der Waals surface area contributed by atoms with E-state index < -0.39 is 29.6 Å². The van der Waals surface area contributed by atoms with E-state index in [-0.39, 0.29) is 23.7 Å². The highest BCUT2D eigenvalue weighted by Gasteiger charge is 2.44. The molecule has 0 bridgehead atoms. The molecule has 3 rings (SSSR count). The Balaban J connectivity index is 1.84. The van der Waals surface area contributed by atoms with Crippen molar-refractivity contribution in [1.82, 2.24) is 0 Å². The van der Waals surface area contributed by atoms with Crippen molar-refractivity contribution in [1.29, 1.82) is 0 Å². The third-order valence-electron chi connectivity index (χ3n) is 5.55. The van der Waals surface area contributed by atoms with Crippen molar-refractivity contribution in [2.75, 3.05) is 6.61 Å². The lowest BCUT2D eigenvalue weighted by atomic mass is 9.59. The van der Waals surface area contributed by atoms with Crippen molar-refractivity contribution in [2.45, 2.75) is 50.6 Å². The smallest absolute Gasteiger partial charge is 0.373 e. The maximum absolute atomic E-state index is 13.1. The molecule has 0 unspecified atom stereocenters. The number of benzene rings is 2. The molecule has 7 heteroatoms. The molecule has 2 aromatic rings. The van der Waals surface area contributed by atoms with Gasteiger partial charge in [0.05, 0.1) is 23.8 Å². The second-order valence-electron chi connectivity index (χ2n) is 7.95. The van der Waals surface area contributed by atoms with E-state index in [4.69, 9.17) is 4.74 Å². The summed E-state index contributed by atoms with van der Waals surface area (Å²) in [5.41, 5.74) is -1.97. The van der Waals surface area contributed by atoms with Gasteiger partial charge in [-0.15, -0.1) is 0 Å². The minimum Gasteiger partial charge on any atom is -0.373 e. The van der Waals surface area contributed by atoms with Crippen LogP contribution < -0.4 is 0 Å². The van der Waals surface area contributed by atoms with E-state index in [0.717, 1.165) is 30.5 Å². The van der Waals surface area contributed by atoms with Crippen LogP contribution in [-0.2, 0) is 22.5 Å². The van der Waals surface area contributed by atoms with Crippen LogP contribution in [-0.4, -0.2) is 6.61 Å². The molecular formula is C22H22F6O. The first-order valence-corrected chi connectivity index (χ1v) is 9.37. The molecule has 1 aliphatic carbocycles. The predicted octanol–water partition coefficient (Wildman–Crippen LogP) is 7.17. The summed E-state index contributed by atoms with van der Waals surface area (Å²) in [5.74, 6) is 0.486. The molecule has 1 atom stereocenters. The number of rotatable bonds is 5. The zero-order chi connectivity index (χ0) is 21.4. The predicted molar refractivity (Wildman–Crippen MR) is 97.3 cm³/mol. The molecular weight excluding hydrogens is 394 g/mol. The van der Waals surface area contributed by atoms with Gasteiger partial charge in [0.15, 0.2) is 0 Å². The van der Waals surface area contributed by atoms with Crippen LogP contribution in [0.3, 0.4) is 0 Å². The molecule has 0 spiro atoms. The maximum Gasteiger partial charge on any atom is 0.416 e. The van der Waals surface area contributed by atoms with Gasteiger partial charge < -0.3 is 4.74 Å². The van der Waals surface area contributed by atoms with E-state index in [1.807, 2.05) is 30.3 Å². The summed E-state index contributed by atoms with van der Waals surface area (Å²) in [7, 11) is 0. The van der Waals surface area contributed by atoms with Crippen LogP contribution in [0.2, 0.25) is 0 Å². The van der Waals surface area contributed by atoms with E-state index >= 15 is 0 Å². The molecule has 0 aliphatic heterocycles. The lowest BCUT2D eigenvalue weighted by molar-refractivity contribution is -0.143. The van der Waals surface area contributed by atoms with E-state index in [2.05, 4.69) is 6.92 Å². The van der Waals surface area contributed by atoms with Crippen LogP contribution in [0.15, 0.2) is 48.5 Å². The number of halogens is 6. The summed E-state index contributed by atoms with van der Waals surface area (Å²) in [6.07, 6.45) is -8.93. The molecule has 158 valence electrons. The largest absolute Gasteiger partial charge is 0.416 e. The van der Waals surface area contributed by atoms with Crippen molar-refractivity contribution in [3.63, 3.8) is 0 Å². The van der Waals surface area contributed by atoms with E-state index in [9.17, 15) is 26.3 Å². The summed E-state index contributed by atoms with van der Waals surface area (Å²) in [5, 5.41) is 0. The van der Waals surface area contributed by atoms with Gasteiger partial charge in [-0.1, -0.05) is 37.3 Å². The van der Waals surface area contributed by atoms with Crippen LogP contribution in [0.5, 0.6) is 0 Å². The summed E-state index contributed by atoms with van der Waals surface area (Å²) < 4.78 is 84.4. The minimum absolute atomic E-state index is 0.134. The van der Waals surface area contributed by atoms with Crippen LogP contribution in [0.25, 0.3) is 0 Å². The first-order valence-electron chi connectivity index (χ1n) is 9.37. The Morgan fingerprint density at radius 1 is 0.931 bits per heavy atom. The number of hydrogen-bond acceptors (Lipinski definition) is 1. The van der Waals surface area contributed by atoms with Crippen molar-refractivity contribution in [3.05, 3.63) is 70.8 Å². The van der Waals surface area contributed by atoms with Gasteiger partial charge in [-0.05, 0) is 55.0 Å². The summed E-state index contributed by atoms with van der Waals surface area (Å²) in [6, 6.07) is 11.3. The van der Waals surface area contributed by atoms with E-state index in [1.165, 1.54) is 6.92 Å². The Bertz CT molecular complexity index is 802. The Hall–Kier alpha value is -2.02. The van der Waals surface area contributed by atoms with Gasteiger partial charge in [-0.3, -0.25) is 0 Å². The van der Waals surface area contributed by atoms with Crippen molar-refractivity contribution < 1.29 is 31.1 Å². The SMILES string of the molecule is CC1CC(CO[C@H](C)c2cc(C(F)(F)F)cc(C(F)(F)F)c2)(c2ccccc2)C1. The number of ether oxygens (including phenoxy) is 1. The first-order chi connectivity index (χ1) is 13.4. The lowest BCUT2D eigenvalue weighted by Gasteiger charge is -2.47. The average Bonchev–Trinajstić information content (AvgIpc) is 2.63. The molecule has 0 aromatic heterocycles. The second-order valence-corrected chi connectivity index (χ2v) is 7.95. The van der Waals surface area contributed by atoms with Crippen LogP contribution in [0, 0.1) is 5.92 Å². The molecule has 29 heavy (non-hydrogen) atoms. The highest BCUT2D eigenvalue weighted by molar-refractivity contribution is 5.35. The normalized spacial score (nSPS) is 23.5. The van der Waals surface area contributed by atoms with E-state index in [1.54, 1.807) is 0 Å². The summed E-state index contributed by atoms with van der Waals surface area (Å²) in [6.45, 7) is 3.82. The fourth-order valence-electron chi connectivity index (χ4n) is 4.10. The van der Waals surface area contributed by atoms with Gasteiger partial charge in [0, 0.05) is 5.41 Å². The lowest BCUT2D eigenvalue weighted by Crippen LogP contribution is -2.44. The minimum atomic E-state index is -4.87. The van der Waals surface area contributed by atoms with Gasteiger partial charge >= 0.3 is 12.4 Å². The highest BCUT2D eigenvalue weighted by Crippen LogP contribution is 2.48. The molecule has 1 nitrogen and oxygen atoms in total. The first kappa shape index (κ1) is 21.7. The zero-order valence-corrected chi connectivity index (χ0v) is 16.1. The Morgan fingerprint density at radius 2 is 1.45 bits per heavy atom. The van der Waals surface area contributed by atoms with Gasteiger partial charge in [-0.25, -0.2) is 0 Å². The third kappa shape index (κ3) is 4.77. The van der Waals surface area contributed by atoms with Gasteiger partial charge in [0.2, 0.25) is 0 Å². The van der Waals surface area contributed by atoms with Gasteiger partial charge in [-0.2, -0.15) is 26.3 Å². The molecule has 0 amide bonds. The van der Waals surface area contributed by atoms with Gasteiger partial charge in [0.25, 0.3) is 0 Å². The van der Waals surface area contributed by atoms with Crippen molar-refractivity contribution >= 4 is 0 Å². The maximum atomic E-state index is 13.1. The molecule has 0 heterocycles. The molecule has 1 saturated carbocycles.